The van der Waals surface area contributed by atoms with Gasteiger partial charge < -0.3 is 9.30 Å². The van der Waals surface area contributed by atoms with Gasteiger partial charge in [0.2, 0.25) is 0 Å². The van der Waals surface area contributed by atoms with Crippen molar-refractivity contribution in [2.45, 2.75) is 44.0 Å². The van der Waals surface area contributed by atoms with Crippen LogP contribution in [0.2, 0.25) is 0 Å². The van der Waals surface area contributed by atoms with Gasteiger partial charge >= 0.3 is 0 Å². The first kappa shape index (κ1) is 12.5. The molecule has 1 aromatic rings. The Hall–Kier alpha value is -0.990. The summed E-state index contributed by atoms with van der Waals surface area (Å²) in [7, 11) is -3.82. The molecular weight excluding hydrogens is 244 g/mol. The molecule has 2 heterocycles. The summed E-state index contributed by atoms with van der Waals surface area (Å²) in [6.07, 6.45) is 0.849. The van der Waals surface area contributed by atoms with E-state index in [-0.39, 0.29) is 17.2 Å². The molecule has 7 nitrogen and oxygen atoms in total. The van der Waals surface area contributed by atoms with Crippen molar-refractivity contribution in [2.24, 2.45) is 5.14 Å². The smallest absolute Gasteiger partial charge is 0.273 e. The molecule has 2 unspecified atom stereocenters. The minimum absolute atomic E-state index is 0.0258. The number of nitrogens with two attached hydrogens (primary N) is 1. The Morgan fingerprint density at radius 1 is 1.53 bits per heavy atom. The van der Waals surface area contributed by atoms with Gasteiger partial charge in [0, 0.05) is 19.1 Å². The van der Waals surface area contributed by atoms with Gasteiger partial charge in [-0.2, -0.15) is 0 Å². The van der Waals surface area contributed by atoms with Gasteiger partial charge in [0.25, 0.3) is 15.2 Å². The number of rotatable bonds is 3. The average Bonchev–Trinajstić information content (AvgIpc) is 2.81. The van der Waals surface area contributed by atoms with Gasteiger partial charge in [0.05, 0.1) is 6.10 Å². The Bertz CT molecular complexity index is 510. The van der Waals surface area contributed by atoms with Crippen LogP contribution < -0.4 is 5.14 Å². The van der Waals surface area contributed by atoms with Crippen LogP contribution in [0.3, 0.4) is 0 Å². The molecule has 8 heteroatoms. The molecule has 0 radical (unpaired) electrons. The van der Waals surface area contributed by atoms with E-state index in [1.54, 1.807) is 4.57 Å². The van der Waals surface area contributed by atoms with Gasteiger partial charge in [-0.3, -0.25) is 0 Å². The van der Waals surface area contributed by atoms with E-state index in [2.05, 4.69) is 10.2 Å². The quantitative estimate of drug-likeness (QED) is 0.813. The minimum Gasteiger partial charge on any atom is -0.378 e. The van der Waals surface area contributed by atoms with Crippen LogP contribution in [0, 0.1) is 0 Å². The lowest BCUT2D eigenvalue weighted by Crippen LogP contribution is -2.21. The van der Waals surface area contributed by atoms with E-state index in [0.29, 0.717) is 19.0 Å². The van der Waals surface area contributed by atoms with Crippen LogP contribution in [-0.4, -0.2) is 35.9 Å². The van der Waals surface area contributed by atoms with E-state index in [9.17, 15) is 8.42 Å². The predicted molar refractivity (Wildman–Crippen MR) is 59.8 cm³/mol. The standard InChI is InChI=1S/C9H16N4O3S/c1-3-13-8(7-4-5-16-6(7)2)11-12-9(13)17(10,14)15/h6-7H,3-5H2,1-2H3,(H2,10,14,15). The summed E-state index contributed by atoms with van der Waals surface area (Å²) in [6.45, 7) is 4.91. The van der Waals surface area contributed by atoms with E-state index in [1.165, 1.54) is 0 Å². The van der Waals surface area contributed by atoms with Crippen molar-refractivity contribution >= 4 is 10.0 Å². The van der Waals surface area contributed by atoms with Gasteiger partial charge in [-0.1, -0.05) is 0 Å². The topological polar surface area (TPSA) is 100 Å². The number of nitrogens with zero attached hydrogens (tertiary/aromatic N) is 3. The number of ether oxygens (including phenoxy) is 1. The van der Waals surface area contributed by atoms with Crippen molar-refractivity contribution in [2.75, 3.05) is 6.61 Å². The number of hydrogen-bond acceptors (Lipinski definition) is 5. The highest BCUT2D eigenvalue weighted by molar-refractivity contribution is 7.89. The SMILES string of the molecule is CCn1c(C2CCOC2C)nnc1S(N)(=O)=O. The lowest BCUT2D eigenvalue weighted by atomic mass is 10.0. The summed E-state index contributed by atoms with van der Waals surface area (Å²) < 4.78 is 29.7. The number of primary sulfonamides is 1. The molecule has 2 rings (SSSR count). The highest BCUT2D eigenvalue weighted by Gasteiger charge is 2.32. The average molecular weight is 260 g/mol. The molecule has 0 bridgehead atoms. The van der Waals surface area contributed by atoms with Crippen molar-refractivity contribution in [3.05, 3.63) is 5.82 Å². The van der Waals surface area contributed by atoms with E-state index >= 15 is 0 Å². The molecule has 0 aromatic carbocycles. The Balaban J connectivity index is 2.46. The lowest BCUT2D eigenvalue weighted by Gasteiger charge is -2.14. The summed E-state index contributed by atoms with van der Waals surface area (Å²) in [5.74, 6) is 0.722. The predicted octanol–water partition coefficient (Wildman–Crippen LogP) is -0.162. The van der Waals surface area contributed by atoms with E-state index in [4.69, 9.17) is 9.88 Å². The lowest BCUT2D eigenvalue weighted by molar-refractivity contribution is 0.116. The monoisotopic (exact) mass is 260 g/mol. The second kappa shape index (κ2) is 4.35. The number of sulfonamides is 1. The summed E-state index contributed by atoms with van der Waals surface area (Å²) in [4.78, 5) is 0. The fourth-order valence-electron chi connectivity index (χ4n) is 2.15. The third-order valence-corrected chi connectivity index (χ3v) is 3.84. The zero-order valence-electron chi connectivity index (χ0n) is 9.83. The Morgan fingerprint density at radius 2 is 2.24 bits per heavy atom. The molecule has 1 aromatic heterocycles. The molecular formula is C9H16N4O3S. The van der Waals surface area contributed by atoms with Gasteiger partial charge in [0.15, 0.2) is 0 Å². The number of hydrogen-bond donors (Lipinski definition) is 1. The summed E-state index contributed by atoms with van der Waals surface area (Å²) in [5.41, 5.74) is 0. The molecule has 0 spiro atoms. The second-order valence-electron chi connectivity index (χ2n) is 4.10. The van der Waals surface area contributed by atoms with Crippen LogP contribution in [-0.2, 0) is 21.3 Å². The van der Waals surface area contributed by atoms with Crippen molar-refractivity contribution in [3.63, 3.8) is 0 Å². The molecule has 0 amide bonds. The maximum absolute atomic E-state index is 11.3. The first-order valence-electron chi connectivity index (χ1n) is 5.52. The van der Waals surface area contributed by atoms with Crippen LogP contribution in [0.4, 0.5) is 0 Å². The molecule has 2 atom stereocenters. The van der Waals surface area contributed by atoms with Gasteiger partial charge in [0.1, 0.15) is 5.82 Å². The molecule has 0 aliphatic carbocycles. The fraction of sp³-hybridized carbons (Fsp3) is 0.778. The zero-order chi connectivity index (χ0) is 12.6. The molecule has 0 saturated carbocycles. The third-order valence-electron chi connectivity index (χ3n) is 3.02. The zero-order valence-corrected chi connectivity index (χ0v) is 10.6. The second-order valence-corrected chi connectivity index (χ2v) is 5.56. The van der Waals surface area contributed by atoms with Crippen LogP contribution in [0.25, 0.3) is 0 Å². The van der Waals surface area contributed by atoms with E-state index < -0.39 is 10.0 Å². The third kappa shape index (κ3) is 2.20. The minimum atomic E-state index is -3.82. The van der Waals surface area contributed by atoms with Gasteiger partial charge in [-0.05, 0) is 20.3 Å². The van der Waals surface area contributed by atoms with Gasteiger partial charge in [-0.15, -0.1) is 10.2 Å². The normalized spacial score (nSPS) is 25.4. The van der Waals surface area contributed by atoms with Crippen molar-refractivity contribution in [3.8, 4) is 0 Å². The number of aromatic nitrogens is 3. The summed E-state index contributed by atoms with van der Waals surface area (Å²) in [6, 6.07) is 0. The van der Waals surface area contributed by atoms with E-state index in [1.807, 2.05) is 13.8 Å². The Labute approximate surface area is 100 Å². The van der Waals surface area contributed by atoms with Crippen LogP contribution in [0.1, 0.15) is 32.0 Å². The molecule has 17 heavy (non-hydrogen) atoms. The molecule has 96 valence electrons. The maximum Gasteiger partial charge on any atom is 0.273 e. The molecule has 1 fully saturated rings. The largest absolute Gasteiger partial charge is 0.378 e. The summed E-state index contributed by atoms with van der Waals surface area (Å²) >= 11 is 0. The van der Waals surface area contributed by atoms with E-state index in [0.717, 1.165) is 6.42 Å². The first-order valence-corrected chi connectivity index (χ1v) is 7.07. The molecule has 1 aliphatic rings. The van der Waals surface area contributed by atoms with Crippen molar-refractivity contribution in [1.82, 2.24) is 14.8 Å². The maximum atomic E-state index is 11.3. The first-order chi connectivity index (χ1) is 7.95. The van der Waals surface area contributed by atoms with Crippen molar-refractivity contribution in [1.29, 1.82) is 0 Å². The van der Waals surface area contributed by atoms with Crippen molar-refractivity contribution < 1.29 is 13.2 Å². The summed E-state index contributed by atoms with van der Waals surface area (Å²) in [5, 5.41) is 12.6. The molecule has 1 saturated heterocycles. The highest BCUT2D eigenvalue weighted by Crippen LogP contribution is 2.30. The van der Waals surface area contributed by atoms with Crippen LogP contribution >= 0.6 is 0 Å². The molecule has 2 N–H and O–H groups in total. The van der Waals surface area contributed by atoms with Crippen LogP contribution in [0.5, 0.6) is 0 Å². The highest BCUT2D eigenvalue weighted by atomic mass is 32.2. The van der Waals surface area contributed by atoms with Gasteiger partial charge in [-0.25, -0.2) is 13.6 Å². The Morgan fingerprint density at radius 3 is 2.71 bits per heavy atom. The Kier molecular flexibility index (Phi) is 3.19. The fourth-order valence-corrected chi connectivity index (χ4v) is 2.84. The van der Waals surface area contributed by atoms with Crippen LogP contribution in [0.15, 0.2) is 5.16 Å². The molecule has 1 aliphatic heterocycles.